The normalized spacial score (nSPS) is 11.3. The van der Waals surface area contributed by atoms with Crippen molar-refractivity contribution in [3.05, 3.63) is 90.0 Å². The molecule has 196 valence electrons. The van der Waals surface area contributed by atoms with Gasteiger partial charge in [-0.05, 0) is 42.5 Å². The van der Waals surface area contributed by atoms with Gasteiger partial charge in [0.1, 0.15) is 18.7 Å². The Labute approximate surface area is 206 Å². The number of rotatable bonds is 4. The molecular formula is C24H27BF6N2O3. The zero-order chi connectivity index (χ0) is 27.5. The van der Waals surface area contributed by atoms with Crippen molar-refractivity contribution in [2.24, 2.45) is 0 Å². The molecule has 12 heteroatoms. The summed E-state index contributed by atoms with van der Waals surface area (Å²) < 4.78 is 77.5. The molecule has 3 aromatic carbocycles. The van der Waals surface area contributed by atoms with Gasteiger partial charge in [-0.15, -0.1) is 0 Å². The second kappa shape index (κ2) is 13.9. The van der Waals surface area contributed by atoms with Crippen LogP contribution >= 0.6 is 0 Å². The van der Waals surface area contributed by atoms with E-state index in [9.17, 15) is 36.4 Å². The van der Waals surface area contributed by atoms with Crippen molar-refractivity contribution in [2.75, 3.05) is 28.2 Å². The summed E-state index contributed by atoms with van der Waals surface area (Å²) in [5, 5.41) is 20.2. The Morgan fingerprint density at radius 1 is 0.611 bits per heavy atom. The van der Waals surface area contributed by atoms with Crippen molar-refractivity contribution in [1.29, 1.82) is 0 Å². The van der Waals surface area contributed by atoms with Gasteiger partial charge in [0.05, 0.1) is 45.1 Å². The first-order valence-electron chi connectivity index (χ1n) is 10.6. The molecule has 0 aliphatic heterocycles. The summed E-state index contributed by atoms with van der Waals surface area (Å²) in [4.78, 5) is 2.74. The molecule has 3 aromatic rings. The van der Waals surface area contributed by atoms with Crippen LogP contribution in [0.25, 0.3) is 0 Å². The topological polar surface area (TPSA) is 64.2 Å². The third kappa shape index (κ3) is 11.6. The smallest absolute Gasteiger partial charge is 0.416 e. The number of benzene rings is 3. The highest BCUT2D eigenvalue weighted by atomic mass is 19.4. The second-order valence-corrected chi connectivity index (χ2v) is 7.88. The standard InChI is InChI=1S/C8H3BF6O3.2C8H11N/c10-7(11,12)4-1-5(8(13,14)15)3-6(2-4)18-9(16)17;2*1-9(2)8-6-4-3-5-7-8/h1-3H;2*3-7H,1-2H3/q-2;;/p+2. The van der Waals surface area contributed by atoms with Crippen LogP contribution in [0.3, 0.4) is 0 Å². The van der Waals surface area contributed by atoms with E-state index in [1.54, 1.807) is 0 Å². The maximum absolute atomic E-state index is 12.3. The van der Waals surface area contributed by atoms with E-state index in [4.69, 9.17) is 0 Å². The fourth-order valence-electron chi connectivity index (χ4n) is 2.65. The predicted molar refractivity (Wildman–Crippen MR) is 121 cm³/mol. The lowest BCUT2D eigenvalue weighted by Gasteiger charge is -2.27. The molecule has 0 bridgehead atoms. The minimum absolute atomic E-state index is 0.141. The Hall–Kier alpha value is -3.06. The van der Waals surface area contributed by atoms with Crippen LogP contribution in [0, 0.1) is 0 Å². The number of alkyl halides is 6. The molecule has 0 aliphatic carbocycles. The molecule has 0 amide bonds. The molecule has 0 atom stereocenters. The fraction of sp³-hybridized carbons (Fsp3) is 0.250. The van der Waals surface area contributed by atoms with Crippen LogP contribution in [-0.4, -0.2) is 35.5 Å². The molecule has 5 nitrogen and oxygen atoms in total. The van der Waals surface area contributed by atoms with Gasteiger partial charge in [-0.25, -0.2) is 0 Å². The summed E-state index contributed by atoms with van der Waals surface area (Å²) in [5.74, 6) is -1.08. The molecule has 0 heterocycles. The van der Waals surface area contributed by atoms with E-state index in [0.29, 0.717) is 0 Å². The largest absolute Gasteiger partial charge is 0.860 e. The maximum atomic E-state index is 12.3. The molecule has 0 fully saturated rings. The zero-order valence-corrected chi connectivity index (χ0v) is 20.1. The molecular weight excluding hydrogens is 489 g/mol. The van der Waals surface area contributed by atoms with Crippen molar-refractivity contribution < 1.29 is 50.8 Å². The van der Waals surface area contributed by atoms with Gasteiger partial charge in [0, 0.05) is 0 Å². The minimum atomic E-state index is -5.05. The second-order valence-electron chi connectivity index (χ2n) is 7.88. The Morgan fingerprint density at radius 2 is 0.944 bits per heavy atom. The Balaban J connectivity index is 0.000000300. The average molecular weight is 516 g/mol. The van der Waals surface area contributed by atoms with E-state index in [0.717, 1.165) is 0 Å². The summed E-state index contributed by atoms with van der Waals surface area (Å²) in [5.41, 5.74) is -0.657. The first-order chi connectivity index (χ1) is 16.6. The van der Waals surface area contributed by atoms with E-state index in [-0.39, 0.29) is 18.2 Å². The summed E-state index contributed by atoms with van der Waals surface area (Å²) in [6.45, 7) is 0. The maximum Gasteiger partial charge on any atom is 0.416 e. The van der Waals surface area contributed by atoms with Gasteiger partial charge >= 0.3 is 12.4 Å². The third-order valence-corrected chi connectivity index (χ3v) is 4.50. The van der Waals surface area contributed by atoms with Gasteiger partial charge in [-0.1, -0.05) is 36.4 Å². The molecule has 0 saturated heterocycles. The number of quaternary nitrogens is 2. The first kappa shape index (κ1) is 31.0. The number of hydrogen-bond donors (Lipinski definition) is 2. The van der Waals surface area contributed by atoms with Crippen molar-refractivity contribution in [1.82, 2.24) is 0 Å². The van der Waals surface area contributed by atoms with Crippen molar-refractivity contribution >= 4 is 18.7 Å². The van der Waals surface area contributed by atoms with Gasteiger partial charge in [0.2, 0.25) is 0 Å². The van der Waals surface area contributed by atoms with Gasteiger partial charge in [-0.2, -0.15) is 26.3 Å². The summed E-state index contributed by atoms with van der Waals surface area (Å²) in [6, 6.07) is 20.9. The van der Waals surface area contributed by atoms with Crippen molar-refractivity contribution in [2.45, 2.75) is 12.4 Å². The Morgan fingerprint density at radius 3 is 1.17 bits per heavy atom. The first-order valence-corrected chi connectivity index (χ1v) is 10.6. The number of nitrogens with one attached hydrogen (secondary N) is 2. The van der Waals surface area contributed by atoms with Crippen LogP contribution < -0.4 is 24.5 Å². The lowest BCUT2D eigenvalue weighted by molar-refractivity contribution is -0.786. The lowest BCUT2D eigenvalue weighted by atomic mass is 10.1. The monoisotopic (exact) mass is 516 g/mol. The van der Waals surface area contributed by atoms with Crippen LogP contribution in [0.15, 0.2) is 78.9 Å². The summed E-state index contributed by atoms with van der Waals surface area (Å²) >= 11 is 0. The SMILES string of the molecule is C[NH+](C)c1ccccc1.C[NH+](C)c1ccccc1.[O-]B([O-])Oc1cc(C(F)(F)F)cc(C(F)(F)F)c1. The number of halogens is 6. The van der Waals surface area contributed by atoms with E-state index < -0.39 is 36.6 Å². The fourth-order valence-corrected chi connectivity index (χ4v) is 2.65. The van der Waals surface area contributed by atoms with E-state index in [1.165, 1.54) is 21.2 Å². The van der Waals surface area contributed by atoms with Gasteiger partial charge in [-0.3, -0.25) is 0 Å². The van der Waals surface area contributed by atoms with Crippen LogP contribution in [0.1, 0.15) is 11.1 Å². The predicted octanol–water partition coefficient (Wildman–Crippen LogP) is 1.73. The summed E-state index contributed by atoms with van der Waals surface area (Å²) in [7, 11) is 5.46. The van der Waals surface area contributed by atoms with Crippen molar-refractivity contribution in [3.8, 4) is 5.75 Å². The molecule has 0 unspecified atom stereocenters. The molecule has 36 heavy (non-hydrogen) atoms. The molecule has 0 aliphatic rings. The number of hydrogen-bond acceptors (Lipinski definition) is 3. The Kier molecular flexibility index (Phi) is 11.9. The Bertz CT molecular complexity index is 956. The van der Waals surface area contributed by atoms with Crippen LogP contribution in [-0.2, 0) is 12.4 Å². The minimum Gasteiger partial charge on any atom is -0.860 e. The lowest BCUT2D eigenvalue weighted by Crippen LogP contribution is -3.00. The molecule has 0 radical (unpaired) electrons. The van der Waals surface area contributed by atoms with Crippen molar-refractivity contribution in [3.63, 3.8) is 0 Å². The average Bonchev–Trinajstić information content (AvgIpc) is 2.79. The van der Waals surface area contributed by atoms with Gasteiger partial charge in [0.25, 0.3) is 0 Å². The number of para-hydroxylation sites is 2. The highest BCUT2D eigenvalue weighted by molar-refractivity contribution is 6.29. The molecule has 3 rings (SSSR count). The molecule has 2 N–H and O–H groups in total. The summed E-state index contributed by atoms with van der Waals surface area (Å²) in [6.07, 6.45) is -10.1. The molecule has 0 spiro atoms. The molecule has 0 saturated carbocycles. The van der Waals surface area contributed by atoms with E-state index >= 15 is 0 Å². The van der Waals surface area contributed by atoms with E-state index in [2.05, 4.69) is 81.4 Å². The third-order valence-electron chi connectivity index (χ3n) is 4.50. The highest BCUT2D eigenvalue weighted by Gasteiger charge is 2.37. The quantitative estimate of drug-likeness (QED) is 0.411. The highest BCUT2D eigenvalue weighted by Crippen LogP contribution is 2.38. The van der Waals surface area contributed by atoms with Crippen LogP contribution in [0.2, 0.25) is 0 Å². The van der Waals surface area contributed by atoms with Gasteiger partial charge < -0.3 is 24.5 Å². The van der Waals surface area contributed by atoms with Crippen LogP contribution in [0.5, 0.6) is 5.75 Å². The van der Waals surface area contributed by atoms with Gasteiger partial charge in [0.15, 0.2) is 0 Å². The molecule has 0 aromatic heterocycles. The van der Waals surface area contributed by atoms with E-state index in [1.807, 2.05) is 12.1 Å². The van der Waals surface area contributed by atoms with Crippen LogP contribution in [0.4, 0.5) is 37.7 Å². The zero-order valence-electron chi connectivity index (χ0n) is 20.1.